The van der Waals surface area contributed by atoms with Gasteiger partial charge in [-0.3, -0.25) is 9.10 Å². The number of carbonyl (C=O) groups excluding carboxylic acids is 1. The Labute approximate surface area is 209 Å². The maximum Gasteiger partial charge on any atom is 0.339 e. The molecule has 12 heteroatoms. The Morgan fingerprint density at radius 3 is 2.39 bits per heavy atom. The molecule has 2 aromatic carbocycles. The molecule has 0 saturated carbocycles. The van der Waals surface area contributed by atoms with E-state index in [4.69, 9.17) is 4.74 Å². The van der Waals surface area contributed by atoms with E-state index in [2.05, 4.69) is 20.6 Å². The van der Waals surface area contributed by atoms with Crippen molar-refractivity contribution in [2.75, 3.05) is 35.4 Å². The summed E-state index contributed by atoms with van der Waals surface area (Å²) in [6, 6.07) is 11.1. The summed E-state index contributed by atoms with van der Waals surface area (Å²) < 4.78 is 30.6. The summed E-state index contributed by atoms with van der Waals surface area (Å²) in [6.07, 6.45) is 2.47. The van der Waals surface area contributed by atoms with Crippen LogP contribution in [0.5, 0.6) is 5.75 Å². The molecule has 11 nitrogen and oxygen atoms in total. The van der Waals surface area contributed by atoms with Crippen LogP contribution in [-0.2, 0) is 10.0 Å². The van der Waals surface area contributed by atoms with Crippen LogP contribution < -0.4 is 19.7 Å². The zero-order valence-corrected chi connectivity index (χ0v) is 21.3. The first kappa shape index (κ1) is 26.4. The predicted molar refractivity (Wildman–Crippen MR) is 137 cm³/mol. The van der Waals surface area contributed by atoms with E-state index in [9.17, 15) is 23.1 Å². The number of nitrogens with zero attached hydrogens (tertiary/aromatic N) is 3. The highest BCUT2D eigenvalue weighted by atomic mass is 32.2. The predicted octanol–water partition coefficient (Wildman–Crippen LogP) is 3.91. The fourth-order valence-corrected chi connectivity index (χ4v) is 3.78. The van der Waals surface area contributed by atoms with Crippen molar-refractivity contribution in [3.8, 4) is 5.75 Å². The van der Waals surface area contributed by atoms with E-state index in [1.165, 1.54) is 38.6 Å². The Hall–Kier alpha value is -4.19. The van der Waals surface area contributed by atoms with Gasteiger partial charge in [0.25, 0.3) is 0 Å². The zero-order chi connectivity index (χ0) is 26.6. The fraction of sp³-hybridized carbons (Fsp3) is 0.250. The smallest absolute Gasteiger partial charge is 0.339 e. The number of carboxylic acids is 1. The first-order chi connectivity index (χ1) is 16.9. The van der Waals surface area contributed by atoms with Gasteiger partial charge >= 0.3 is 5.97 Å². The van der Waals surface area contributed by atoms with E-state index in [1.54, 1.807) is 38.1 Å². The molecule has 3 N–H and O–H groups in total. The number of benzene rings is 2. The molecule has 0 saturated heterocycles. The van der Waals surface area contributed by atoms with Gasteiger partial charge in [0.15, 0.2) is 5.78 Å². The number of rotatable bonds is 10. The molecular weight excluding hydrogens is 486 g/mol. The van der Waals surface area contributed by atoms with E-state index < -0.39 is 16.0 Å². The van der Waals surface area contributed by atoms with Gasteiger partial charge in [-0.25, -0.2) is 18.2 Å². The number of carbonyl (C=O) groups is 2. The summed E-state index contributed by atoms with van der Waals surface area (Å²) >= 11 is 0. The number of Topliss-reactive ketones (excluding diaryl/α,β-unsaturated/α-hetero) is 1. The largest absolute Gasteiger partial charge is 0.496 e. The minimum atomic E-state index is -3.55. The lowest BCUT2D eigenvalue weighted by atomic mass is 10.0. The van der Waals surface area contributed by atoms with Crippen LogP contribution in [0.3, 0.4) is 0 Å². The van der Waals surface area contributed by atoms with Crippen LogP contribution >= 0.6 is 0 Å². The maximum absolute atomic E-state index is 12.9. The van der Waals surface area contributed by atoms with Crippen molar-refractivity contribution in [2.24, 2.45) is 5.92 Å². The topological polar surface area (TPSA) is 151 Å². The second-order valence-corrected chi connectivity index (χ2v) is 10.2. The van der Waals surface area contributed by atoms with Crippen LogP contribution in [0, 0.1) is 5.92 Å². The number of methoxy groups -OCH3 is 1. The van der Waals surface area contributed by atoms with Crippen LogP contribution in [0.4, 0.5) is 28.8 Å². The number of sulfonamides is 1. The molecular formula is C24H27N5O6S. The molecule has 0 radical (unpaired) electrons. The number of carboxylic acid groups (broad SMARTS) is 1. The third-order valence-electron chi connectivity index (χ3n) is 5.26. The lowest BCUT2D eigenvalue weighted by Crippen LogP contribution is -2.25. The number of anilines is 5. The van der Waals surface area contributed by atoms with Crippen molar-refractivity contribution < 1.29 is 27.9 Å². The molecule has 0 aliphatic heterocycles. The number of para-hydroxylation sites is 2. The highest BCUT2D eigenvalue weighted by Gasteiger charge is 2.21. The van der Waals surface area contributed by atoms with Gasteiger partial charge in [-0.05, 0) is 24.3 Å². The van der Waals surface area contributed by atoms with Crippen LogP contribution in [0.15, 0.2) is 48.7 Å². The summed E-state index contributed by atoms with van der Waals surface area (Å²) in [5.41, 5.74) is 1.47. The number of hydrogen-bond acceptors (Lipinski definition) is 9. The minimum Gasteiger partial charge on any atom is -0.496 e. The molecule has 190 valence electrons. The molecule has 0 aliphatic carbocycles. The van der Waals surface area contributed by atoms with Gasteiger partial charge in [0.1, 0.15) is 17.1 Å². The van der Waals surface area contributed by atoms with Crippen molar-refractivity contribution >= 4 is 50.6 Å². The number of aromatic carboxylic acids is 1. The summed E-state index contributed by atoms with van der Waals surface area (Å²) in [4.78, 5) is 32.9. The summed E-state index contributed by atoms with van der Waals surface area (Å²) in [5, 5.41) is 15.3. The summed E-state index contributed by atoms with van der Waals surface area (Å²) in [7, 11) is -0.758. The summed E-state index contributed by atoms with van der Waals surface area (Å²) in [6.45, 7) is 3.50. The van der Waals surface area contributed by atoms with E-state index in [-0.39, 0.29) is 40.3 Å². The Balaban J connectivity index is 2.04. The Kier molecular flexibility index (Phi) is 7.78. The van der Waals surface area contributed by atoms with Gasteiger partial charge in [-0.1, -0.05) is 26.0 Å². The molecule has 36 heavy (non-hydrogen) atoms. The molecule has 3 aromatic rings. The normalized spacial score (nSPS) is 11.2. The molecule has 3 rings (SSSR count). The highest BCUT2D eigenvalue weighted by Crippen LogP contribution is 2.31. The van der Waals surface area contributed by atoms with Crippen molar-refractivity contribution in [3.05, 3.63) is 59.8 Å². The number of aromatic nitrogens is 2. The van der Waals surface area contributed by atoms with E-state index in [0.29, 0.717) is 17.1 Å². The SMILES string of the molecule is COc1cc(Nc2ncc(C(=O)C(C)C)c(Nc3ccccc3N(C)S(C)(=O)=O)n2)ccc1C(=O)O. The molecule has 0 fully saturated rings. The van der Waals surface area contributed by atoms with E-state index in [1.807, 2.05) is 0 Å². The van der Waals surface area contributed by atoms with Crippen LogP contribution in [0.1, 0.15) is 34.6 Å². The quantitative estimate of drug-likeness (QED) is 0.340. The molecule has 0 bridgehead atoms. The third-order valence-corrected chi connectivity index (χ3v) is 6.45. The average Bonchev–Trinajstić information content (AvgIpc) is 2.82. The highest BCUT2D eigenvalue weighted by molar-refractivity contribution is 7.92. The molecule has 1 heterocycles. The molecule has 0 spiro atoms. The zero-order valence-electron chi connectivity index (χ0n) is 20.4. The molecule has 0 amide bonds. The lowest BCUT2D eigenvalue weighted by molar-refractivity contribution is 0.0693. The standard InChI is InChI=1S/C24H27N5O6S/c1-14(2)21(30)17-13-25-24(26-15-10-11-16(23(31)32)20(12-15)35-4)28-22(17)27-18-8-6-7-9-19(18)29(3)36(5,33)34/h6-14H,1-5H3,(H,31,32)(H2,25,26,27,28). The van der Waals surface area contributed by atoms with Crippen molar-refractivity contribution in [1.82, 2.24) is 9.97 Å². The lowest BCUT2D eigenvalue weighted by Gasteiger charge is -2.21. The van der Waals surface area contributed by atoms with Crippen molar-refractivity contribution in [3.63, 3.8) is 0 Å². The van der Waals surface area contributed by atoms with E-state index in [0.717, 1.165) is 10.6 Å². The van der Waals surface area contributed by atoms with Crippen molar-refractivity contribution in [1.29, 1.82) is 0 Å². The summed E-state index contributed by atoms with van der Waals surface area (Å²) in [5.74, 6) is -1.22. The number of nitrogens with one attached hydrogen (secondary N) is 2. The first-order valence-electron chi connectivity index (χ1n) is 10.8. The average molecular weight is 514 g/mol. The molecule has 1 aromatic heterocycles. The van der Waals surface area contributed by atoms with Gasteiger partial charge in [0, 0.05) is 30.9 Å². The Bertz CT molecular complexity index is 1410. The van der Waals surface area contributed by atoms with Crippen LogP contribution in [0.25, 0.3) is 0 Å². The third kappa shape index (κ3) is 5.89. The Morgan fingerprint density at radius 2 is 1.78 bits per heavy atom. The fourth-order valence-electron chi connectivity index (χ4n) is 3.26. The van der Waals surface area contributed by atoms with Gasteiger partial charge in [-0.15, -0.1) is 0 Å². The van der Waals surface area contributed by atoms with Crippen LogP contribution in [0.2, 0.25) is 0 Å². The number of hydrogen-bond donors (Lipinski definition) is 3. The molecule has 0 atom stereocenters. The second-order valence-electron chi connectivity index (χ2n) is 8.19. The minimum absolute atomic E-state index is 0.00388. The maximum atomic E-state index is 12.9. The number of ether oxygens (including phenoxy) is 1. The first-order valence-corrected chi connectivity index (χ1v) is 12.7. The molecule has 0 unspecified atom stereocenters. The molecule has 0 aliphatic rings. The number of ketones is 1. The monoisotopic (exact) mass is 513 g/mol. The second kappa shape index (κ2) is 10.6. The van der Waals surface area contributed by atoms with Crippen molar-refractivity contribution in [2.45, 2.75) is 13.8 Å². The van der Waals surface area contributed by atoms with Gasteiger partial charge in [0.2, 0.25) is 16.0 Å². The Morgan fingerprint density at radius 1 is 1.08 bits per heavy atom. The van der Waals surface area contributed by atoms with E-state index >= 15 is 0 Å². The van der Waals surface area contributed by atoms with Crippen LogP contribution in [-0.4, -0.2) is 55.7 Å². The van der Waals surface area contributed by atoms with Gasteiger partial charge in [-0.2, -0.15) is 4.98 Å². The van der Waals surface area contributed by atoms with Gasteiger partial charge < -0.3 is 20.5 Å². The van der Waals surface area contributed by atoms with Gasteiger partial charge in [0.05, 0.1) is 30.3 Å².